The fourth-order valence-corrected chi connectivity index (χ4v) is 1.83. The maximum Gasteiger partial charge on any atom is 0.133 e. The van der Waals surface area contributed by atoms with Gasteiger partial charge in [0, 0.05) is 25.0 Å². The molecule has 0 bridgehead atoms. The lowest BCUT2D eigenvalue weighted by molar-refractivity contribution is 0.781. The second-order valence-corrected chi connectivity index (χ2v) is 3.83. The number of nitrogens with two attached hydrogens (primary N) is 1. The van der Waals surface area contributed by atoms with Crippen LogP contribution >= 0.6 is 0 Å². The third kappa shape index (κ3) is 1.53. The van der Waals surface area contributed by atoms with Gasteiger partial charge in [0.25, 0.3) is 0 Å². The van der Waals surface area contributed by atoms with E-state index in [0.717, 1.165) is 11.1 Å². The van der Waals surface area contributed by atoms with Crippen molar-refractivity contribution < 1.29 is 0 Å². The van der Waals surface area contributed by atoms with Crippen molar-refractivity contribution in [1.29, 1.82) is 0 Å². The lowest BCUT2D eigenvalue weighted by Gasteiger charge is -2.01. The molecule has 3 heterocycles. The van der Waals surface area contributed by atoms with Crippen molar-refractivity contribution in [3.63, 3.8) is 0 Å². The smallest absolute Gasteiger partial charge is 0.133 e. The van der Waals surface area contributed by atoms with Crippen LogP contribution in [0, 0.1) is 0 Å². The van der Waals surface area contributed by atoms with Gasteiger partial charge in [-0.1, -0.05) is 6.07 Å². The largest absolute Gasteiger partial charge is 0.383 e. The number of nitrogen functional groups attached to an aromatic ring is 1. The Morgan fingerprint density at radius 1 is 1.33 bits per heavy atom. The van der Waals surface area contributed by atoms with Crippen LogP contribution in [0.4, 0.5) is 5.82 Å². The first-order valence-corrected chi connectivity index (χ1v) is 5.36. The monoisotopic (exact) mass is 241 g/mol. The van der Waals surface area contributed by atoms with E-state index in [4.69, 9.17) is 5.73 Å². The number of H-pyrrole nitrogens is 1. The first-order valence-electron chi connectivity index (χ1n) is 5.36. The summed E-state index contributed by atoms with van der Waals surface area (Å²) in [6.45, 7) is 0. The molecule has 0 spiro atoms. The normalized spacial score (nSPS) is 10.7. The van der Waals surface area contributed by atoms with Crippen LogP contribution in [0.5, 0.6) is 0 Å². The Morgan fingerprint density at radius 3 is 2.89 bits per heavy atom. The molecule has 90 valence electrons. The molecule has 18 heavy (non-hydrogen) atoms. The van der Waals surface area contributed by atoms with Crippen LogP contribution < -0.4 is 5.73 Å². The highest BCUT2D eigenvalue weighted by Crippen LogP contribution is 2.33. The van der Waals surface area contributed by atoms with Crippen molar-refractivity contribution in [2.75, 3.05) is 5.73 Å². The van der Waals surface area contributed by atoms with E-state index in [1.54, 1.807) is 30.3 Å². The number of aryl methyl sites for hydroxylation is 1. The summed E-state index contributed by atoms with van der Waals surface area (Å²) < 4.78 is 1.62. The van der Waals surface area contributed by atoms with Gasteiger partial charge in [-0.2, -0.15) is 20.5 Å². The summed E-state index contributed by atoms with van der Waals surface area (Å²) in [6.07, 6.45) is 5.07. The van der Waals surface area contributed by atoms with Gasteiger partial charge in [0.05, 0.1) is 11.8 Å². The highest BCUT2D eigenvalue weighted by molar-refractivity contribution is 5.86. The van der Waals surface area contributed by atoms with Gasteiger partial charge in [-0.15, -0.1) is 0 Å². The molecule has 0 radical (unpaired) electrons. The Bertz CT molecular complexity index is 654. The molecule has 0 aromatic carbocycles. The minimum Gasteiger partial charge on any atom is -0.383 e. The number of hydrogen-bond acceptors (Lipinski definition) is 5. The van der Waals surface area contributed by atoms with E-state index in [-0.39, 0.29) is 0 Å². The Balaban J connectivity index is 2.26. The van der Waals surface area contributed by atoms with Crippen molar-refractivity contribution in [3.8, 4) is 22.5 Å². The van der Waals surface area contributed by atoms with Crippen LogP contribution in [0.1, 0.15) is 0 Å². The van der Waals surface area contributed by atoms with Gasteiger partial charge in [0.1, 0.15) is 17.2 Å². The zero-order valence-electron chi connectivity index (χ0n) is 9.70. The van der Waals surface area contributed by atoms with E-state index in [0.29, 0.717) is 17.2 Å². The van der Waals surface area contributed by atoms with Gasteiger partial charge < -0.3 is 5.73 Å². The zero-order chi connectivity index (χ0) is 12.5. The average Bonchev–Trinajstić information content (AvgIpc) is 3.00. The number of rotatable bonds is 2. The van der Waals surface area contributed by atoms with Crippen LogP contribution in [0.2, 0.25) is 0 Å². The molecule has 0 aliphatic rings. The van der Waals surface area contributed by atoms with E-state index in [2.05, 4.69) is 25.5 Å². The molecule has 0 aliphatic carbocycles. The highest BCUT2D eigenvalue weighted by Gasteiger charge is 2.18. The van der Waals surface area contributed by atoms with Crippen molar-refractivity contribution in [3.05, 3.63) is 30.7 Å². The predicted molar refractivity (Wildman–Crippen MR) is 66.2 cm³/mol. The maximum absolute atomic E-state index is 6.06. The molecule has 0 saturated heterocycles. The molecule has 3 rings (SSSR count). The van der Waals surface area contributed by atoms with Crippen LogP contribution in [0.3, 0.4) is 0 Å². The lowest BCUT2D eigenvalue weighted by Crippen LogP contribution is -1.98. The topological polar surface area (TPSA) is 98.3 Å². The predicted octanol–water partition coefficient (Wildman–Crippen LogP) is 0.849. The molecule has 3 N–H and O–H groups in total. The minimum atomic E-state index is 0.570. The number of pyridine rings is 1. The first kappa shape index (κ1) is 10.5. The summed E-state index contributed by atoms with van der Waals surface area (Å²) in [5.74, 6) is 0.570. The Labute approximate surface area is 103 Å². The number of aromatic nitrogens is 6. The summed E-state index contributed by atoms with van der Waals surface area (Å²) in [5.41, 5.74) is 9.12. The standard InChI is InChI=1S/C11H11N7/c1-18-11(12)9(7-3-2-4-13-5-7)10(16-18)8-6-14-17-15-8/h2-6H,12H2,1H3,(H,14,15,17). The second kappa shape index (κ2) is 3.95. The summed E-state index contributed by atoms with van der Waals surface area (Å²) in [6, 6.07) is 3.79. The fourth-order valence-electron chi connectivity index (χ4n) is 1.83. The van der Waals surface area contributed by atoms with Gasteiger partial charge in [-0.05, 0) is 6.07 Å². The van der Waals surface area contributed by atoms with Crippen molar-refractivity contribution in [2.24, 2.45) is 7.05 Å². The average molecular weight is 241 g/mol. The highest BCUT2D eigenvalue weighted by atomic mass is 15.3. The molecular formula is C11H11N7. The molecule has 0 aliphatic heterocycles. The van der Waals surface area contributed by atoms with Crippen LogP contribution in [0.15, 0.2) is 30.7 Å². The molecule has 7 heteroatoms. The minimum absolute atomic E-state index is 0.570. The van der Waals surface area contributed by atoms with Gasteiger partial charge in [0.2, 0.25) is 0 Å². The first-order chi connectivity index (χ1) is 8.77. The lowest BCUT2D eigenvalue weighted by atomic mass is 10.1. The fraction of sp³-hybridized carbons (Fsp3) is 0.0909. The van der Waals surface area contributed by atoms with Gasteiger partial charge in [-0.25, -0.2) is 0 Å². The van der Waals surface area contributed by atoms with Crippen LogP contribution in [-0.4, -0.2) is 30.2 Å². The van der Waals surface area contributed by atoms with Gasteiger partial charge >= 0.3 is 0 Å². The molecule has 3 aromatic rings. The molecule has 0 unspecified atom stereocenters. The molecule has 0 atom stereocenters. The van der Waals surface area contributed by atoms with Crippen molar-refractivity contribution >= 4 is 5.82 Å². The Hall–Kier alpha value is -2.70. The number of anilines is 1. The van der Waals surface area contributed by atoms with E-state index < -0.39 is 0 Å². The van der Waals surface area contributed by atoms with E-state index >= 15 is 0 Å². The zero-order valence-corrected chi connectivity index (χ0v) is 9.70. The van der Waals surface area contributed by atoms with Gasteiger partial charge in [-0.3, -0.25) is 9.67 Å². The second-order valence-electron chi connectivity index (χ2n) is 3.83. The molecule has 7 nitrogen and oxygen atoms in total. The van der Waals surface area contributed by atoms with E-state index in [1.165, 1.54) is 0 Å². The summed E-state index contributed by atoms with van der Waals surface area (Å²) >= 11 is 0. The molecule has 0 amide bonds. The summed E-state index contributed by atoms with van der Waals surface area (Å²) in [7, 11) is 1.79. The van der Waals surface area contributed by atoms with E-state index in [9.17, 15) is 0 Å². The third-order valence-electron chi connectivity index (χ3n) is 2.70. The quantitative estimate of drug-likeness (QED) is 0.693. The Morgan fingerprint density at radius 2 is 2.22 bits per heavy atom. The molecule has 0 saturated carbocycles. The van der Waals surface area contributed by atoms with Crippen molar-refractivity contribution in [1.82, 2.24) is 30.2 Å². The SMILES string of the molecule is Cn1nc(-c2cn[nH]n2)c(-c2cccnc2)c1N. The van der Waals surface area contributed by atoms with Crippen LogP contribution in [0.25, 0.3) is 22.5 Å². The number of nitrogens with zero attached hydrogens (tertiary/aromatic N) is 5. The molecule has 3 aromatic heterocycles. The summed E-state index contributed by atoms with van der Waals surface area (Å²) in [5, 5.41) is 14.8. The van der Waals surface area contributed by atoms with Crippen LogP contribution in [-0.2, 0) is 7.05 Å². The van der Waals surface area contributed by atoms with Gasteiger partial charge in [0.15, 0.2) is 0 Å². The Kier molecular flexibility index (Phi) is 2.30. The number of aromatic amines is 1. The summed E-state index contributed by atoms with van der Waals surface area (Å²) in [4.78, 5) is 4.10. The third-order valence-corrected chi connectivity index (χ3v) is 2.70. The van der Waals surface area contributed by atoms with E-state index in [1.807, 2.05) is 12.1 Å². The molecular weight excluding hydrogens is 230 g/mol. The number of hydrogen-bond donors (Lipinski definition) is 2. The number of nitrogens with one attached hydrogen (secondary N) is 1. The molecule has 0 fully saturated rings. The van der Waals surface area contributed by atoms with Crippen molar-refractivity contribution in [2.45, 2.75) is 0 Å². The maximum atomic E-state index is 6.06.